The highest BCUT2D eigenvalue weighted by molar-refractivity contribution is 6.13. The van der Waals surface area contributed by atoms with Gasteiger partial charge in [-0.2, -0.15) is 0 Å². The number of amides is 1. The minimum atomic E-state index is -2.35. The van der Waals surface area contributed by atoms with Crippen molar-refractivity contribution in [1.29, 1.82) is 0 Å². The lowest BCUT2D eigenvalue weighted by Gasteiger charge is -2.52. The van der Waals surface area contributed by atoms with E-state index in [0.717, 1.165) is 12.8 Å². The van der Waals surface area contributed by atoms with E-state index in [1.165, 1.54) is 6.07 Å². The number of fused-ring (bicyclic) bond motifs is 3. The van der Waals surface area contributed by atoms with Gasteiger partial charge in [0, 0.05) is 34.7 Å². The van der Waals surface area contributed by atoms with Crippen molar-refractivity contribution in [3.63, 3.8) is 0 Å². The molecule has 200 valence electrons. The van der Waals surface area contributed by atoms with Crippen LogP contribution in [0.15, 0.2) is 35.1 Å². The number of unbranched alkanes of at least 4 members (excludes halogenated alkanes) is 1. The fourth-order valence-electron chi connectivity index (χ4n) is 6.17. The first kappa shape index (κ1) is 26.8. The van der Waals surface area contributed by atoms with Crippen LogP contribution in [-0.2, 0) is 22.6 Å². The summed E-state index contributed by atoms with van der Waals surface area (Å²) in [6.07, 6.45) is 1.95. The fraction of sp³-hybridized carbons (Fsp3) is 0.481. The van der Waals surface area contributed by atoms with Gasteiger partial charge in [0.05, 0.1) is 17.2 Å². The molecule has 1 aromatic carbocycles. The first-order valence-corrected chi connectivity index (χ1v) is 12.4. The third-order valence-electron chi connectivity index (χ3n) is 7.94. The minimum absolute atomic E-state index is 0.00494. The molecule has 0 bridgehead atoms. The van der Waals surface area contributed by atoms with E-state index in [4.69, 9.17) is 5.73 Å². The van der Waals surface area contributed by atoms with Crippen LogP contribution in [0.25, 0.3) is 5.76 Å². The van der Waals surface area contributed by atoms with Crippen molar-refractivity contribution >= 4 is 17.4 Å². The van der Waals surface area contributed by atoms with Gasteiger partial charge in [0.1, 0.15) is 23.1 Å². The molecule has 4 atom stereocenters. The molecule has 1 fully saturated rings. The predicted octanol–water partition coefficient (Wildman–Crippen LogP) is 1.98. The van der Waals surface area contributed by atoms with Crippen molar-refractivity contribution in [3.8, 4) is 5.75 Å². The maximum Gasteiger partial charge on any atom is 0.252 e. The van der Waals surface area contributed by atoms with E-state index in [2.05, 4.69) is 11.9 Å². The maximum absolute atomic E-state index is 15.6. The van der Waals surface area contributed by atoms with Crippen molar-refractivity contribution in [3.05, 3.63) is 57.6 Å². The molecule has 3 aliphatic rings. The normalized spacial score (nSPS) is 27.4. The second kappa shape index (κ2) is 9.59. The number of rotatable bonds is 7. The number of nitrogens with two attached hydrogens (primary N) is 1. The number of aliphatic hydroxyl groups excluding tert-OH is 2. The number of aromatic hydroxyl groups is 1. The van der Waals surface area contributed by atoms with E-state index in [1.54, 1.807) is 19.0 Å². The Morgan fingerprint density at radius 2 is 2.00 bits per heavy atom. The SMILES string of the molecule is C=C1C(C(N)=O)=C(O)[C@@H](N(C)C)[C@@H]2C[C@@H]3Cc4c(F)c(CNCCCC)cc(O)c4C(O)=C3C(=O)[C@]12O. The van der Waals surface area contributed by atoms with Gasteiger partial charge in [-0.3, -0.25) is 14.5 Å². The molecule has 0 aromatic heterocycles. The van der Waals surface area contributed by atoms with E-state index in [0.29, 0.717) is 6.54 Å². The van der Waals surface area contributed by atoms with Gasteiger partial charge in [-0.15, -0.1) is 0 Å². The van der Waals surface area contributed by atoms with Crippen LogP contribution in [0.4, 0.5) is 4.39 Å². The van der Waals surface area contributed by atoms with E-state index >= 15 is 4.39 Å². The number of ketones is 1. The molecule has 9 nitrogen and oxygen atoms in total. The van der Waals surface area contributed by atoms with Gasteiger partial charge in [-0.1, -0.05) is 19.9 Å². The van der Waals surface area contributed by atoms with Gasteiger partial charge in [0.25, 0.3) is 5.91 Å². The molecule has 1 aromatic rings. The van der Waals surface area contributed by atoms with E-state index in [-0.39, 0.29) is 53.0 Å². The summed E-state index contributed by atoms with van der Waals surface area (Å²) in [4.78, 5) is 27.6. The molecule has 7 N–H and O–H groups in total. The Morgan fingerprint density at radius 1 is 1.32 bits per heavy atom. The lowest BCUT2D eigenvalue weighted by molar-refractivity contribution is -0.143. The average molecular weight is 516 g/mol. The summed E-state index contributed by atoms with van der Waals surface area (Å²) in [7, 11) is 3.24. The molecule has 10 heteroatoms. The van der Waals surface area contributed by atoms with Gasteiger partial charge >= 0.3 is 0 Å². The van der Waals surface area contributed by atoms with Gasteiger partial charge < -0.3 is 31.5 Å². The molecule has 0 heterocycles. The molecule has 3 aliphatic carbocycles. The Labute approximate surface area is 214 Å². The first-order valence-electron chi connectivity index (χ1n) is 12.4. The Kier molecular flexibility index (Phi) is 6.96. The van der Waals surface area contributed by atoms with Crippen LogP contribution in [-0.4, -0.2) is 69.3 Å². The lowest BCUT2D eigenvalue weighted by Crippen LogP contribution is -2.63. The van der Waals surface area contributed by atoms with Crippen LogP contribution in [0.1, 0.15) is 42.9 Å². The van der Waals surface area contributed by atoms with Crippen LogP contribution >= 0.6 is 0 Å². The molecular formula is C27H34FN3O6. The van der Waals surface area contributed by atoms with Crippen LogP contribution in [0.5, 0.6) is 5.75 Å². The zero-order valence-electron chi connectivity index (χ0n) is 21.3. The van der Waals surface area contributed by atoms with Crippen LogP contribution in [0.3, 0.4) is 0 Å². The number of halogens is 1. The van der Waals surface area contributed by atoms with Crippen LogP contribution in [0.2, 0.25) is 0 Å². The number of benzene rings is 1. The lowest BCUT2D eigenvalue weighted by atomic mass is 9.56. The zero-order valence-corrected chi connectivity index (χ0v) is 21.3. The summed E-state index contributed by atoms with van der Waals surface area (Å²) in [6, 6.07) is 0.266. The van der Waals surface area contributed by atoms with E-state index < -0.39 is 58.1 Å². The third-order valence-corrected chi connectivity index (χ3v) is 7.94. The molecule has 0 unspecified atom stereocenters. The Bertz CT molecular complexity index is 1250. The van der Waals surface area contributed by atoms with Crippen molar-refractivity contribution in [2.75, 3.05) is 20.6 Å². The molecule has 4 rings (SSSR count). The third kappa shape index (κ3) is 3.94. The number of carbonyl (C=O) groups is 2. The Morgan fingerprint density at radius 3 is 2.59 bits per heavy atom. The maximum atomic E-state index is 15.6. The molecule has 0 aliphatic heterocycles. The average Bonchev–Trinajstić information content (AvgIpc) is 2.81. The number of Topliss-reactive ketones (excluding diaryl/α,β-unsaturated/α-hetero) is 1. The monoisotopic (exact) mass is 515 g/mol. The molecule has 0 spiro atoms. The second-order valence-corrected chi connectivity index (χ2v) is 10.4. The second-order valence-electron chi connectivity index (χ2n) is 10.4. The number of likely N-dealkylation sites (N-methyl/N-ethyl adjacent to an activating group) is 1. The van der Waals surface area contributed by atoms with E-state index in [1.807, 2.05) is 6.92 Å². The summed E-state index contributed by atoms with van der Waals surface area (Å²) in [5.41, 5.74) is 2.31. The number of phenolic OH excluding ortho intramolecular Hbond substituents is 1. The van der Waals surface area contributed by atoms with Crippen LogP contribution in [0, 0.1) is 17.7 Å². The minimum Gasteiger partial charge on any atom is -0.510 e. The quantitative estimate of drug-likeness (QED) is 0.301. The van der Waals surface area contributed by atoms with Gasteiger partial charge in [-0.05, 0) is 51.9 Å². The smallest absolute Gasteiger partial charge is 0.252 e. The number of carbonyl (C=O) groups excluding carboxylic acids is 2. The standard InChI is InChI=1S/C27H34FN3O6/c1-5-6-7-30-11-14-10-17(32)20-15(21(14)28)8-13-9-16-22(31(3)4)24(34)18(26(29)36)12(2)27(16,37)25(35)19(13)23(20)33/h10,13,16,22,30,32-34,37H,2,5-9,11H2,1,3-4H3,(H2,29,36)/t13-,16-,22-,27-/m0/s1. The predicted molar refractivity (Wildman–Crippen MR) is 135 cm³/mol. The summed E-state index contributed by atoms with van der Waals surface area (Å²) in [5, 5.41) is 47.7. The molecule has 0 radical (unpaired) electrons. The fourth-order valence-corrected chi connectivity index (χ4v) is 6.17. The number of nitrogens with one attached hydrogen (secondary N) is 1. The van der Waals surface area contributed by atoms with Gasteiger partial charge in [0.2, 0.25) is 0 Å². The van der Waals surface area contributed by atoms with Gasteiger partial charge in [-0.25, -0.2) is 4.39 Å². The van der Waals surface area contributed by atoms with Crippen molar-refractivity contribution in [1.82, 2.24) is 10.2 Å². The summed E-state index contributed by atoms with van der Waals surface area (Å²) in [5.74, 6) is -5.59. The molecule has 0 saturated heterocycles. The number of hydrogen-bond acceptors (Lipinski definition) is 8. The number of aliphatic hydroxyl groups is 3. The van der Waals surface area contributed by atoms with Crippen LogP contribution < -0.4 is 11.1 Å². The Hall–Kier alpha value is -3.21. The molecule has 1 amide bonds. The van der Waals surface area contributed by atoms with Crippen molar-refractivity contribution in [2.24, 2.45) is 17.6 Å². The summed E-state index contributed by atoms with van der Waals surface area (Å²) < 4.78 is 15.6. The topological polar surface area (TPSA) is 156 Å². The Balaban J connectivity index is 1.84. The number of nitrogens with zero attached hydrogens (tertiary/aromatic N) is 1. The number of hydrogen-bond donors (Lipinski definition) is 6. The number of primary amides is 1. The highest BCUT2D eigenvalue weighted by atomic mass is 19.1. The highest BCUT2D eigenvalue weighted by Gasteiger charge is 2.62. The molecule has 37 heavy (non-hydrogen) atoms. The highest BCUT2D eigenvalue weighted by Crippen LogP contribution is 2.54. The largest absolute Gasteiger partial charge is 0.510 e. The first-order chi connectivity index (χ1) is 17.4. The van der Waals surface area contributed by atoms with Gasteiger partial charge in [0.15, 0.2) is 11.4 Å². The molecular weight excluding hydrogens is 481 g/mol. The van der Waals surface area contributed by atoms with Crippen molar-refractivity contribution < 1.29 is 34.4 Å². The zero-order chi connectivity index (χ0) is 27.4. The summed E-state index contributed by atoms with van der Waals surface area (Å²) in [6.45, 7) is 6.64. The van der Waals surface area contributed by atoms with E-state index in [9.17, 15) is 30.0 Å². The van der Waals surface area contributed by atoms with Crippen molar-refractivity contribution in [2.45, 2.75) is 50.8 Å². The summed E-state index contributed by atoms with van der Waals surface area (Å²) >= 11 is 0. The molecule has 1 saturated carbocycles. The number of phenols is 1.